The number of sulfonamides is 1. The van der Waals surface area contributed by atoms with Gasteiger partial charge in [0.05, 0.1) is 11.4 Å². The molecular formula is C22H19ClF2N2O3S. The maximum Gasteiger partial charge on any atom is 0.243 e. The molecule has 0 saturated carbocycles. The van der Waals surface area contributed by atoms with E-state index in [1.807, 2.05) is 19.1 Å². The number of hydrogen-bond acceptors (Lipinski definition) is 3. The van der Waals surface area contributed by atoms with Crippen LogP contribution in [0.25, 0.3) is 0 Å². The summed E-state index contributed by atoms with van der Waals surface area (Å²) in [6.07, 6.45) is 0. The van der Waals surface area contributed by atoms with Gasteiger partial charge in [-0.05, 0) is 48.9 Å². The van der Waals surface area contributed by atoms with Crippen molar-refractivity contribution in [1.82, 2.24) is 4.31 Å². The zero-order valence-corrected chi connectivity index (χ0v) is 18.1. The molecule has 3 aromatic rings. The molecule has 0 unspecified atom stereocenters. The van der Waals surface area contributed by atoms with Crippen molar-refractivity contribution in [2.24, 2.45) is 0 Å². The third-order valence-corrected chi connectivity index (χ3v) is 6.54. The van der Waals surface area contributed by atoms with Crippen molar-refractivity contribution in [3.8, 4) is 0 Å². The van der Waals surface area contributed by atoms with E-state index in [9.17, 15) is 22.0 Å². The van der Waals surface area contributed by atoms with E-state index in [1.165, 1.54) is 24.3 Å². The molecule has 3 aromatic carbocycles. The van der Waals surface area contributed by atoms with Gasteiger partial charge in [0.15, 0.2) is 0 Å². The number of amides is 1. The highest BCUT2D eigenvalue weighted by atomic mass is 35.5. The molecule has 0 spiro atoms. The molecule has 1 N–H and O–H groups in total. The van der Waals surface area contributed by atoms with E-state index >= 15 is 0 Å². The predicted molar refractivity (Wildman–Crippen MR) is 115 cm³/mol. The Morgan fingerprint density at radius 1 is 0.968 bits per heavy atom. The Hall–Kier alpha value is -2.81. The highest BCUT2D eigenvalue weighted by Gasteiger charge is 2.27. The molecule has 0 atom stereocenters. The number of nitrogens with one attached hydrogen (secondary N) is 1. The number of carbonyl (C=O) groups excluding carboxylic acids is 1. The maximum atomic E-state index is 13.9. The van der Waals surface area contributed by atoms with Crippen LogP contribution in [0.5, 0.6) is 0 Å². The van der Waals surface area contributed by atoms with E-state index in [0.717, 1.165) is 28.1 Å². The second-order valence-electron chi connectivity index (χ2n) is 6.86. The fourth-order valence-corrected chi connectivity index (χ4v) is 4.35. The first-order chi connectivity index (χ1) is 14.7. The van der Waals surface area contributed by atoms with Crippen LogP contribution < -0.4 is 5.32 Å². The van der Waals surface area contributed by atoms with E-state index in [1.54, 1.807) is 12.1 Å². The van der Waals surface area contributed by atoms with Crippen molar-refractivity contribution < 1.29 is 22.0 Å². The van der Waals surface area contributed by atoms with Gasteiger partial charge in [-0.25, -0.2) is 17.2 Å². The molecule has 0 heterocycles. The van der Waals surface area contributed by atoms with Crippen molar-refractivity contribution in [3.63, 3.8) is 0 Å². The highest BCUT2D eigenvalue weighted by molar-refractivity contribution is 7.89. The normalized spacial score (nSPS) is 11.5. The largest absolute Gasteiger partial charge is 0.320 e. The topological polar surface area (TPSA) is 66.5 Å². The number of aryl methyl sites for hydroxylation is 1. The lowest BCUT2D eigenvalue weighted by Crippen LogP contribution is -2.37. The van der Waals surface area contributed by atoms with Crippen LogP contribution in [0.2, 0.25) is 5.02 Å². The lowest BCUT2D eigenvalue weighted by atomic mass is 10.1. The molecule has 0 aliphatic carbocycles. The average Bonchev–Trinajstić information content (AvgIpc) is 2.72. The van der Waals surface area contributed by atoms with Crippen LogP contribution in [0.3, 0.4) is 0 Å². The highest BCUT2D eigenvalue weighted by Crippen LogP contribution is 2.22. The Morgan fingerprint density at radius 3 is 2.13 bits per heavy atom. The molecule has 0 aliphatic heterocycles. The summed E-state index contributed by atoms with van der Waals surface area (Å²) in [5.74, 6) is -2.80. The molecule has 3 rings (SSSR count). The van der Waals surface area contributed by atoms with Crippen LogP contribution in [-0.2, 0) is 21.4 Å². The van der Waals surface area contributed by atoms with E-state index in [0.29, 0.717) is 10.6 Å². The minimum Gasteiger partial charge on any atom is -0.320 e. The minimum atomic E-state index is -4.11. The summed E-state index contributed by atoms with van der Waals surface area (Å²) in [6, 6.07) is 15.8. The summed E-state index contributed by atoms with van der Waals surface area (Å²) in [4.78, 5) is 12.5. The van der Waals surface area contributed by atoms with Crippen LogP contribution >= 0.6 is 11.6 Å². The van der Waals surface area contributed by atoms with Crippen LogP contribution in [0.15, 0.2) is 71.6 Å². The Bertz CT molecular complexity index is 1160. The van der Waals surface area contributed by atoms with E-state index in [-0.39, 0.29) is 11.4 Å². The molecule has 0 aliphatic rings. The summed E-state index contributed by atoms with van der Waals surface area (Å²) in [6.45, 7) is 1.13. The maximum absolute atomic E-state index is 13.9. The Balaban J connectivity index is 1.90. The summed E-state index contributed by atoms with van der Waals surface area (Å²) in [5.41, 5.74) is 1.00. The average molecular weight is 465 g/mol. The minimum absolute atomic E-state index is 0.0612. The third-order valence-electron chi connectivity index (χ3n) is 4.48. The second-order valence-corrected chi connectivity index (χ2v) is 9.23. The molecule has 5 nitrogen and oxygen atoms in total. The van der Waals surface area contributed by atoms with Gasteiger partial charge >= 0.3 is 0 Å². The molecule has 0 saturated heterocycles. The standard InChI is InChI=1S/C22H19ClF2N2O3S/c1-15-5-7-16(8-6-15)13-27(31(29,30)18-11-9-17(23)10-12-18)14-21(28)26-22-19(24)3-2-4-20(22)25/h2-12H,13-14H2,1H3,(H,26,28). The van der Waals surface area contributed by atoms with Crippen molar-refractivity contribution in [3.05, 3.63) is 94.5 Å². The Kier molecular flexibility index (Phi) is 7.04. The molecule has 1 amide bonds. The fraction of sp³-hybridized carbons (Fsp3) is 0.136. The summed E-state index contributed by atoms with van der Waals surface area (Å²) >= 11 is 5.85. The second kappa shape index (κ2) is 9.55. The van der Waals surface area contributed by atoms with Gasteiger partial charge in [0.2, 0.25) is 15.9 Å². The number of anilines is 1. The molecule has 0 fully saturated rings. The van der Waals surface area contributed by atoms with E-state index in [4.69, 9.17) is 11.6 Å². The van der Waals surface area contributed by atoms with Gasteiger partial charge in [-0.2, -0.15) is 4.31 Å². The summed E-state index contributed by atoms with van der Waals surface area (Å²) in [5, 5.41) is 2.48. The van der Waals surface area contributed by atoms with Gasteiger partial charge in [0.1, 0.15) is 17.3 Å². The quantitative estimate of drug-likeness (QED) is 0.548. The van der Waals surface area contributed by atoms with Crippen LogP contribution in [0, 0.1) is 18.6 Å². The van der Waals surface area contributed by atoms with Crippen molar-refractivity contribution in [2.75, 3.05) is 11.9 Å². The molecule has 31 heavy (non-hydrogen) atoms. The van der Waals surface area contributed by atoms with E-state index < -0.39 is 39.8 Å². The van der Waals surface area contributed by atoms with Crippen molar-refractivity contribution in [1.29, 1.82) is 0 Å². The van der Waals surface area contributed by atoms with Crippen molar-refractivity contribution >= 4 is 33.2 Å². The number of carbonyl (C=O) groups is 1. The first kappa shape index (κ1) is 22.9. The number of nitrogens with zero attached hydrogens (tertiary/aromatic N) is 1. The first-order valence-electron chi connectivity index (χ1n) is 9.22. The van der Waals surface area contributed by atoms with Gasteiger partial charge in [0, 0.05) is 11.6 Å². The molecular weight excluding hydrogens is 446 g/mol. The monoisotopic (exact) mass is 464 g/mol. The van der Waals surface area contributed by atoms with Crippen LogP contribution in [0.1, 0.15) is 11.1 Å². The molecule has 162 valence electrons. The lowest BCUT2D eigenvalue weighted by Gasteiger charge is -2.22. The third kappa shape index (κ3) is 5.66. The number of benzene rings is 3. The van der Waals surface area contributed by atoms with Gasteiger partial charge in [-0.3, -0.25) is 4.79 Å². The SMILES string of the molecule is Cc1ccc(CN(CC(=O)Nc2c(F)cccc2F)S(=O)(=O)c2ccc(Cl)cc2)cc1. The van der Waals surface area contributed by atoms with Gasteiger partial charge in [-0.1, -0.05) is 47.5 Å². The number of rotatable bonds is 7. The predicted octanol–water partition coefficient (Wildman–Crippen LogP) is 4.76. The van der Waals surface area contributed by atoms with Crippen molar-refractivity contribution in [2.45, 2.75) is 18.4 Å². The Labute approximate surface area is 184 Å². The van der Waals surface area contributed by atoms with Crippen LogP contribution in [-0.4, -0.2) is 25.2 Å². The Morgan fingerprint density at radius 2 is 1.55 bits per heavy atom. The zero-order chi connectivity index (χ0) is 22.6. The lowest BCUT2D eigenvalue weighted by molar-refractivity contribution is -0.116. The molecule has 0 aromatic heterocycles. The first-order valence-corrected chi connectivity index (χ1v) is 11.0. The zero-order valence-electron chi connectivity index (χ0n) is 16.5. The number of para-hydroxylation sites is 1. The molecule has 0 radical (unpaired) electrons. The van der Waals surface area contributed by atoms with E-state index in [2.05, 4.69) is 5.32 Å². The van der Waals surface area contributed by atoms with Gasteiger partial charge in [-0.15, -0.1) is 0 Å². The number of hydrogen-bond donors (Lipinski definition) is 1. The fourth-order valence-electron chi connectivity index (χ4n) is 2.83. The van der Waals surface area contributed by atoms with Gasteiger partial charge in [0.25, 0.3) is 0 Å². The summed E-state index contributed by atoms with van der Waals surface area (Å²) in [7, 11) is -4.11. The smallest absolute Gasteiger partial charge is 0.243 e. The molecule has 9 heteroatoms. The van der Waals surface area contributed by atoms with Crippen LogP contribution in [0.4, 0.5) is 14.5 Å². The summed E-state index contributed by atoms with van der Waals surface area (Å²) < 4.78 is 55.1. The number of halogens is 3. The van der Waals surface area contributed by atoms with Gasteiger partial charge < -0.3 is 5.32 Å². The molecule has 0 bridgehead atoms.